The number of hydrogen-bond acceptors (Lipinski definition) is 4. The van der Waals surface area contributed by atoms with E-state index in [4.69, 9.17) is 5.11 Å². The van der Waals surface area contributed by atoms with Gasteiger partial charge in [0.1, 0.15) is 0 Å². The summed E-state index contributed by atoms with van der Waals surface area (Å²) in [7, 11) is 0. The Balaban J connectivity index is 1.73. The molecule has 0 bridgehead atoms. The van der Waals surface area contributed by atoms with E-state index < -0.39 is 12.0 Å². The summed E-state index contributed by atoms with van der Waals surface area (Å²) in [6, 6.07) is -0.355. The van der Waals surface area contributed by atoms with Gasteiger partial charge in [-0.3, -0.25) is 24.2 Å². The van der Waals surface area contributed by atoms with Crippen molar-refractivity contribution in [3.63, 3.8) is 0 Å². The van der Waals surface area contributed by atoms with Crippen LogP contribution in [0.5, 0.6) is 0 Å². The molecule has 6 heteroatoms. The Morgan fingerprint density at radius 3 is 2.38 bits per heavy atom. The molecule has 2 aliphatic carbocycles. The minimum atomic E-state index is -0.932. The number of carboxylic acids is 1. The minimum Gasteiger partial charge on any atom is -0.480 e. The monoisotopic (exact) mass is 294 g/mol. The quantitative estimate of drug-likeness (QED) is 0.765. The lowest BCUT2D eigenvalue weighted by Gasteiger charge is -2.31. The number of likely N-dealkylation sites (tertiary alicyclic amines) is 1. The van der Waals surface area contributed by atoms with Gasteiger partial charge in [-0.15, -0.1) is 0 Å². The van der Waals surface area contributed by atoms with Crippen molar-refractivity contribution in [2.45, 2.75) is 69.5 Å². The highest BCUT2D eigenvalue weighted by atomic mass is 16.4. The molecule has 1 heterocycles. The number of aliphatic carboxylic acids is 1. The van der Waals surface area contributed by atoms with E-state index in [0.717, 1.165) is 38.5 Å². The van der Waals surface area contributed by atoms with Gasteiger partial charge in [-0.1, -0.05) is 19.3 Å². The van der Waals surface area contributed by atoms with Crippen LogP contribution >= 0.6 is 0 Å². The molecule has 2 saturated carbocycles. The van der Waals surface area contributed by atoms with E-state index in [9.17, 15) is 14.4 Å². The summed E-state index contributed by atoms with van der Waals surface area (Å²) >= 11 is 0. The standard InChI is InChI=1S/C15H22N2O4/c18-13-8-12(16(9-14(19)20)10-6-7-10)15(21)17(13)11-4-2-1-3-5-11/h10-12H,1-9H2,(H,19,20). The number of carbonyl (C=O) groups is 3. The molecule has 116 valence electrons. The van der Waals surface area contributed by atoms with E-state index in [1.165, 1.54) is 11.3 Å². The van der Waals surface area contributed by atoms with Gasteiger partial charge in [0.2, 0.25) is 11.8 Å². The maximum atomic E-state index is 12.6. The van der Waals surface area contributed by atoms with E-state index in [0.29, 0.717) is 0 Å². The average molecular weight is 294 g/mol. The Kier molecular flexibility index (Phi) is 3.97. The molecule has 0 aromatic heterocycles. The predicted octanol–water partition coefficient (Wildman–Crippen LogP) is 0.996. The first-order valence-electron chi connectivity index (χ1n) is 7.91. The van der Waals surface area contributed by atoms with Crippen molar-refractivity contribution in [2.24, 2.45) is 0 Å². The van der Waals surface area contributed by atoms with Crippen molar-refractivity contribution in [3.8, 4) is 0 Å². The third kappa shape index (κ3) is 2.95. The molecule has 1 atom stereocenters. The van der Waals surface area contributed by atoms with E-state index in [2.05, 4.69) is 0 Å². The summed E-state index contributed by atoms with van der Waals surface area (Å²) in [5.74, 6) is -1.22. The average Bonchev–Trinajstić information content (AvgIpc) is 3.24. The van der Waals surface area contributed by atoms with Crippen LogP contribution in [0.4, 0.5) is 0 Å². The molecule has 3 rings (SSSR count). The van der Waals surface area contributed by atoms with Crippen LogP contribution in [0, 0.1) is 0 Å². The van der Waals surface area contributed by atoms with Crippen molar-refractivity contribution in [1.29, 1.82) is 0 Å². The molecular formula is C15H22N2O4. The van der Waals surface area contributed by atoms with Crippen LogP contribution in [0.15, 0.2) is 0 Å². The van der Waals surface area contributed by atoms with Crippen LogP contribution in [0.25, 0.3) is 0 Å². The third-order valence-corrected chi connectivity index (χ3v) is 4.83. The van der Waals surface area contributed by atoms with Crippen LogP contribution in [0.3, 0.4) is 0 Å². The van der Waals surface area contributed by atoms with Gasteiger partial charge in [-0.05, 0) is 25.7 Å². The fourth-order valence-electron chi connectivity index (χ4n) is 3.67. The van der Waals surface area contributed by atoms with Crippen LogP contribution in [0.1, 0.15) is 51.4 Å². The maximum absolute atomic E-state index is 12.6. The first kappa shape index (κ1) is 14.5. The SMILES string of the molecule is O=C(O)CN(C1CC1)C1CC(=O)N(C2CCCCC2)C1=O. The zero-order valence-corrected chi connectivity index (χ0v) is 12.2. The van der Waals surface area contributed by atoms with E-state index in [-0.39, 0.29) is 36.9 Å². The third-order valence-electron chi connectivity index (χ3n) is 4.83. The zero-order chi connectivity index (χ0) is 15.0. The predicted molar refractivity (Wildman–Crippen MR) is 74.5 cm³/mol. The molecule has 1 saturated heterocycles. The van der Waals surface area contributed by atoms with Crippen molar-refractivity contribution in [2.75, 3.05) is 6.54 Å². The van der Waals surface area contributed by atoms with Crippen molar-refractivity contribution < 1.29 is 19.5 Å². The smallest absolute Gasteiger partial charge is 0.317 e. The number of imide groups is 1. The lowest BCUT2D eigenvalue weighted by atomic mass is 9.94. The molecular weight excluding hydrogens is 272 g/mol. The first-order chi connectivity index (χ1) is 10.1. The van der Waals surface area contributed by atoms with E-state index in [1.807, 2.05) is 0 Å². The van der Waals surface area contributed by atoms with E-state index >= 15 is 0 Å². The van der Waals surface area contributed by atoms with Crippen molar-refractivity contribution in [1.82, 2.24) is 9.80 Å². The van der Waals surface area contributed by atoms with Gasteiger partial charge in [0.25, 0.3) is 0 Å². The van der Waals surface area contributed by atoms with Crippen LogP contribution in [0.2, 0.25) is 0 Å². The van der Waals surface area contributed by atoms with Gasteiger partial charge in [0.15, 0.2) is 0 Å². The number of amides is 2. The molecule has 0 aromatic carbocycles. The summed E-state index contributed by atoms with van der Waals surface area (Å²) in [4.78, 5) is 39.1. The van der Waals surface area contributed by atoms with E-state index in [1.54, 1.807) is 4.90 Å². The number of carboxylic acid groups (broad SMARTS) is 1. The Bertz CT molecular complexity index is 455. The molecule has 1 aliphatic heterocycles. The molecule has 2 amide bonds. The molecule has 0 radical (unpaired) electrons. The molecule has 3 aliphatic rings. The molecule has 1 N–H and O–H groups in total. The molecule has 3 fully saturated rings. The first-order valence-corrected chi connectivity index (χ1v) is 7.91. The number of hydrogen-bond donors (Lipinski definition) is 1. The van der Waals surface area contributed by atoms with Crippen LogP contribution in [-0.4, -0.2) is 57.4 Å². The molecule has 6 nitrogen and oxygen atoms in total. The fourth-order valence-corrected chi connectivity index (χ4v) is 3.67. The number of carbonyl (C=O) groups excluding carboxylic acids is 2. The molecule has 1 unspecified atom stereocenters. The van der Waals surface area contributed by atoms with Gasteiger partial charge in [0, 0.05) is 12.1 Å². The summed E-state index contributed by atoms with van der Waals surface area (Å²) in [5, 5.41) is 9.04. The second-order valence-electron chi connectivity index (χ2n) is 6.41. The maximum Gasteiger partial charge on any atom is 0.317 e. The Hall–Kier alpha value is -1.43. The highest BCUT2D eigenvalue weighted by Gasteiger charge is 2.48. The Morgan fingerprint density at radius 2 is 1.81 bits per heavy atom. The summed E-state index contributed by atoms with van der Waals surface area (Å²) in [5.41, 5.74) is 0. The molecule has 0 aromatic rings. The van der Waals surface area contributed by atoms with Crippen molar-refractivity contribution in [3.05, 3.63) is 0 Å². The van der Waals surface area contributed by atoms with Crippen LogP contribution in [-0.2, 0) is 14.4 Å². The van der Waals surface area contributed by atoms with Crippen LogP contribution < -0.4 is 0 Å². The fraction of sp³-hybridized carbons (Fsp3) is 0.800. The lowest BCUT2D eigenvalue weighted by molar-refractivity contribution is -0.144. The molecule has 0 spiro atoms. The van der Waals surface area contributed by atoms with Gasteiger partial charge in [-0.2, -0.15) is 0 Å². The van der Waals surface area contributed by atoms with Gasteiger partial charge in [-0.25, -0.2) is 0 Å². The number of rotatable bonds is 5. The van der Waals surface area contributed by atoms with Crippen molar-refractivity contribution >= 4 is 17.8 Å². The Labute approximate surface area is 124 Å². The number of nitrogens with zero attached hydrogens (tertiary/aromatic N) is 2. The zero-order valence-electron chi connectivity index (χ0n) is 12.2. The minimum absolute atomic E-state index is 0.0367. The second-order valence-corrected chi connectivity index (χ2v) is 6.41. The summed E-state index contributed by atoms with van der Waals surface area (Å²) in [6.45, 7) is -0.146. The van der Waals surface area contributed by atoms with Gasteiger partial charge >= 0.3 is 5.97 Å². The highest BCUT2D eigenvalue weighted by molar-refractivity contribution is 6.06. The normalized spacial score (nSPS) is 27.7. The largest absolute Gasteiger partial charge is 0.480 e. The summed E-state index contributed by atoms with van der Waals surface area (Å²) in [6.07, 6.45) is 7.09. The molecule has 21 heavy (non-hydrogen) atoms. The summed E-state index contributed by atoms with van der Waals surface area (Å²) < 4.78 is 0. The second kappa shape index (κ2) is 5.75. The lowest BCUT2D eigenvalue weighted by Crippen LogP contribution is -2.48. The topological polar surface area (TPSA) is 77.9 Å². The highest BCUT2D eigenvalue weighted by Crippen LogP contribution is 2.34. The van der Waals surface area contributed by atoms with Gasteiger partial charge < -0.3 is 5.11 Å². The Morgan fingerprint density at radius 1 is 1.14 bits per heavy atom. The van der Waals surface area contributed by atoms with Gasteiger partial charge in [0.05, 0.1) is 19.0 Å².